The fourth-order valence-electron chi connectivity index (χ4n) is 2.37. The van der Waals surface area contributed by atoms with Crippen LogP contribution < -0.4 is 0 Å². The first-order chi connectivity index (χ1) is 9.38. The standard InChI is InChI=1S/C17H18ClNO/c1-10-7-11(2)17(12(3)8-10)19-13(4)15-9-14(18)5-6-16(15)20/h5-9,20H,1-4H3. The van der Waals surface area contributed by atoms with Crippen molar-refractivity contribution in [1.82, 2.24) is 0 Å². The third kappa shape index (κ3) is 3.02. The van der Waals surface area contributed by atoms with Gasteiger partial charge in [-0.3, -0.25) is 4.99 Å². The lowest BCUT2D eigenvalue weighted by atomic mass is 10.0. The fourth-order valence-corrected chi connectivity index (χ4v) is 2.55. The molecule has 0 aliphatic rings. The lowest BCUT2D eigenvalue weighted by molar-refractivity contribution is 0.474. The Labute approximate surface area is 124 Å². The Kier molecular flexibility index (Phi) is 4.15. The number of phenols is 1. The van der Waals surface area contributed by atoms with E-state index in [-0.39, 0.29) is 5.75 Å². The largest absolute Gasteiger partial charge is 0.507 e. The predicted molar refractivity (Wildman–Crippen MR) is 85.6 cm³/mol. The van der Waals surface area contributed by atoms with Crippen LogP contribution in [-0.4, -0.2) is 10.8 Å². The lowest BCUT2D eigenvalue weighted by Gasteiger charge is -2.10. The SMILES string of the molecule is CC(=Nc1c(C)cc(C)cc1C)c1cc(Cl)ccc1O. The van der Waals surface area contributed by atoms with Crippen LogP contribution in [0.4, 0.5) is 5.69 Å². The van der Waals surface area contributed by atoms with Crippen LogP contribution in [0.3, 0.4) is 0 Å². The molecule has 0 bridgehead atoms. The Morgan fingerprint density at radius 1 is 1.05 bits per heavy atom. The van der Waals surface area contributed by atoms with Gasteiger partial charge in [0.15, 0.2) is 0 Å². The smallest absolute Gasteiger partial charge is 0.124 e. The number of aromatic hydroxyl groups is 1. The maximum atomic E-state index is 9.93. The highest BCUT2D eigenvalue weighted by Crippen LogP contribution is 2.28. The molecule has 1 N–H and O–H groups in total. The average molecular weight is 288 g/mol. The number of nitrogens with zero attached hydrogens (tertiary/aromatic N) is 1. The van der Waals surface area contributed by atoms with Gasteiger partial charge in [-0.2, -0.15) is 0 Å². The number of phenolic OH excluding ortho intramolecular Hbond substituents is 1. The van der Waals surface area contributed by atoms with Crippen LogP contribution in [0.25, 0.3) is 0 Å². The van der Waals surface area contributed by atoms with E-state index in [1.807, 2.05) is 20.8 Å². The summed E-state index contributed by atoms with van der Waals surface area (Å²) in [5, 5.41) is 10.5. The average Bonchev–Trinajstić information content (AvgIpc) is 2.36. The maximum Gasteiger partial charge on any atom is 0.124 e. The summed E-state index contributed by atoms with van der Waals surface area (Å²) in [5.41, 5.74) is 5.85. The zero-order chi connectivity index (χ0) is 14.9. The molecule has 0 atom stereocenters. The van der Waals surface area contributed by atoms with E-state index in [1.54, 1.807) is 18.2 Å². The van der Waals surface area contributed by atoms with Crippen molar-refractivity contribution in [2.24, 2.45) is 4.99 Å². The highest BCUT2D eigenvalue weighted by atomic mass is 35.5. The molecule has 0 radical (unpaired) electrons. The van der Waals surface area contributed by atoms with E-state index in [4.69, 9.17) is 11.6 Å². The summed E-state index contributed by atoms with van der Waals surface area (Å²) in [5.74, 6) is 0.193. The molecule has 20 heavy (non-hydrogen) atoms. The molecule has 0 unspecified atom stereocenters. The van der Waals surface area contributed by atoms with Gasteiger partial charge in [0, 0.05) is 16.3 Å². The van der Waals surface area contributed by atoms with Crippen molar-refractivity contribution < 1.29 is 5.11 Å². The topological polar surface area (TPSA) is 32.6 Å². The monoisotopic (exact) mass is 287 g/mol. The summed E-state index contributed by atoms with van der Waals surface area (Å²) in [6, 6.07) is 9.20. The molecule has 2 nitrogen and oxygen atoms in total. The van der Waals surface area contributed by atoms with Crippen molar-refractivity contribution in [3.8, 4) is 5.75 Å². The molecule has 0 heterocycles. The van der Waals surface area contributed by atoms with Gasteiger partial charge in [-0.15, -0.1) is 0 Å². The van der Waals surface area contributed by atoms with Crippen molar-refractivity contribution in [2.75, 3.05) is 0 Å². The van der Waals surface area contributed by atoms with Crippen molar-refractivity contribution >= 4 is 23.0 Å². The van der Waals surface area contributed by atoms with Gasteiger partial charge in [-0.25, -0.2) is 0 Å². The van der Waals surface area contributed by atoms with E-state index in [0.717, 1.165) is 22.5 Å². The van der Waals surface area contributed by atoms with Crippen molar-refractivity contribution in [1.29, 1.82) is 0 Å². The molecule has 2 aromatic rings. The van der Waals surface area contributed by atoms with Gasteiger partial charge >= 0.3 is 0 Å². The van der Waals surface area contributed by atoms with E-state index < -0.39 is 0 Å². The lowest BCUT2D eigenvalue weighted by Crippen LogP contribution is -1.96. The minimum atomic E-state index is 0.193. The van der Waals surface area contributed by atoms with Gasteiger partial charge in [0.1, 0.15) is 5.75 Å². The Balaban J connectivity index is 2.53. The van der Waals surface area contributed by atoms with Crippen LogP contribution in [-0.2, 0) is 0 Å². The number of hydrogen-bond acceptors (Lipinski definition) is 2. The Hall–Kier alpha value is -1.80. The summed E-state index contributed by atoms with van der Waals surface area (Å²) in [6.45, 7) is 8.04. The first-order valence-corrected chi connectivity index (χ1v) is 6.88. The number of aliphatic imine (C=N–C) groups is 1. The molecule has 3 heteroatoms. The summed E-state index contributed by atoms with van der Waals surface area (Å²) in [6.07, 6.45) is 0. The van der Waals surface area contributed by atoms with E-state index in [0.29, 0.717) is 10.6 Å². The van der Waals surface area contributed by atoms with Crippen LogP contribution >= 0.6 is 11.6 Å². The normalized spacial score (nSPS) is 11.8. The van der Waals surface area contributed by atoms with Gasteiger partial charge in [-0.05, 0) is 57.0 Å². The Morgan fingerprint density at radius 2 is 1.65 bits per heavy atom. The number of benzene rings is 2. The second-order valence-corrected chi connectivity index (χ2v) is 5.54. The first kappa shape index (κ1) is 14.6. The molecule has 0 aliphatic heterocycles. The van der Waals surface area contributed by atoms with Crippen LogP contribution in [0.5, 0.6) is 5.75 Å². The molecule has 0 saturated carbocycles. The van der Waals surface area contributed by atoms with Crippen LogP contribution in [0.1, 0.15) is 29.2 Å². The highest BCUT2D eigenvalue weighted by Gasteiger charge is 2.08. The molecule has 0 amide bonds. The minimum absolute atomic E-state index is 0.193. The second kappa shape index (κ2) is 5.68. The molecular weight excluding hydrogens is 270 g/mol. The zero-order valence-corrected chi connectivity index (χ0v) is 12.9. The number of hydrogen-bond donors (Lipinski definition) is 1. The van der Waals surface area contributed by atoms with E-state index in [9.17, 15) is 5.11 Å². The van der Waals surface area contributed by atoms with Crippen molar-refractivity contribution in [2.45, 2.75) is 27.7 Å². The van der Waals surface area contributed by atoms with Crippen LogP contribution in [0, 0.1) is 20.8 Å². The zero-order valence-electron chi connectivity index (χ0n) is 12.2. The quantitative estimate of drug-likeness (QED) is 0.765. The fraction of sp³-hybridized carbons (Fsp3) is 0.235. The third-order valence-electron chi connectivity index (χ3n) is 3.26. The molecule has 0 fully saturated rings. The van der Waals surface area contributed by atoms with Gasteiger partial charge in [-0.1, -0.05) is 29.3 Å². The van der Waals surface area contributed by atoms with Gasteiger partial charge in [0.05, 0.1) is 5.69 Å². The Bertz CT molecular complexity index is 666. The van der Waals surface area contributed by atoms with E-state index >= 15 is 0 Å². The summed E-state index contributed by atoms with van der Waals surface area (Å²) in [4.78, 5) is 4.67. The molecular formula is C17H18ClNO. The van der Waals surface area contributed by atoms with Crippen molar-refractivity contribution in [3.63, 3.8) is 0 Å². The minimum Gasteiger partial charge on any atom is -0.507 e. The third-order valence-corrected chi connectivity index (χ3v) is 3.50. The maximum absolute atomic E-state index is 9.93. The predicted octanol–water partition coefficient (Wildman–Crippen LogP) is 5.11. The number of rotatable bonds is 2. The van der Waals surface area contributed by atoms with Crippen molar-refractivity contribution in [3.05, 3.63) is 57.6 Å². The number of aryl methyl sites for hydroxylation is 3. The summed E-state index contributed by atoms with van der Waals surface area (Å²) < 4.78 is 0. The van der Waals surface area contributed by atoms with Crippen LogP contribution in [0.2, 0.25) is 5.02 Å². The molecule has 0 aliphatic carbocycles. The molecule has 104 valence electrons. The molecule has 0 saturated heterocycles. The Morgan fingerprint density at radius 3 is 2.25 bits per heavy atom. The molecule has 0 aromatic heterocycles. The number of halogens is 1. The molecule has 0 spiro atoms. The highest BCUT2D eigenvalue weighted by molar-refractivity contribution is 6.31. The summed E-state index contributed by atoms with van der Waals surface area (Å²) >= 11 is 5.98. The first-order valence-electron chi connectivity index (χ1n) is 6.50. The molecule has 2 rings (SSSR count). The summed E-state index contributed by atoms with van der Waals surface area (Å²) in [7, 11) is 0. The van der Waals surface area contributed by atoms with Gasteiger partial charge in [0.25, 0.3) is 0 Å². The van der Waals surface area contributed by atoms with E-state index in [1.165, 1.54) is 5.56 Å². The van der Waals surface area contributed by atoms with E-state index in [2.05, 4.69) is 24.0 Å². The van der Waals surface area contributed by atoms with Crippen LogP contribution in [0.15, 0.2) is 35.3 Å². The second-order valence-electron chi connectivity index (χ2n) is 5.11. The van der Waals surface area contributed by atoms with Gasteiger partial charge in [0.2, 0.25) is 0 Å². The van der Waals surface area contributed by atoms with Gasteiger partial charge < -0.3 is 5.11 Å². The molecule has 2 aromatic carbocycles.